The van der Waals surface area contributed by atoms with Crippen LogP contribution in [0.15, 0.2) is 23.1 Å². The van der Waals surface area contributed by atoms with Crippen LogP contribution in [0.3, 0.4) is 0 Å². The first-order valence-corrected chi connectivity index (χ1v) is 7.72. The van der Waals surface area contributed by atoms with E-state index in [1.165, 1.54) is 18.2 Å². The molecular formula is C11H13Cl2NO4S. The molecule has 0 aliphatic heterocycles. The lowest BCUT2D eigenvalue weighted by Gasteiger charge is -2.15. The fourth-order valence-electron chi connectivity index (χ4n) is 1.51. The number of nitrogens with one attached hydrogen (secondary N) is 1. The maximum atomic E-state index is 12.1. The highest BCUT2D eigenvalue weighted by Gasteiger charge is 2.28. The summed E-state index contributed by atoms with van der Waals surface area (Å²) in [5.74, 6) is -1.24. The average Bonchev–Trinajstić information content (AvgIpc) is 2.27. The minimum Gasteiger partial charge on any atom is -0.480 e. The van der Waals surface area contributed by atoms with Gasteiger partial charge < -0.3 is 5.11 Å². The number of rotatable bonds is 6. The van der Waals surface area contributed by atoms with Gasteiger partial charge in [-0.15, -0.1) is 0 Å². The summed E-state index contributed by atoms with van der Waals surface area (Å²) in [7, 11) is -4.08. The van der Waals surface area contributed by atoms with E-state index in [1.54, 1.807) is 6.92 Å². The zero-order valence-electron chi connectivity index (χ0n) is 10.1. The van der Waals surface area contributed by atoms with Crippen molar-refractivity contribution in [2.45, 2.75) is 30.7 Å². The van der Waals surface area contributed by atoms with Gasteiger partial charge in [-0.2, -0.15) is 4.72 Å². The molecule has 0 saturated heterocycles. The Bertz CT molecular complexity index is 554. The molecule has 0 fully saturated rings. The van der Waals surface area contributed by atoms with Gasteiger partial charge in [-0.3, -0.25) is 4.79 Å². The Kier molecular flexibility index (Phi) is 5.61. The first kappa shape index (κ1) is 16.2. The molecule has 1 unspecified atom stereocenters. The van der Waals surface area contributed by atoms with Crippen molar-refractivity contribution in [3.8, 4) is 0 Å². The van der Waals surface area contributed by atoms with Crippen molar-refractivity contribution in [3.05, 3.63) is 28.2 Å². The standard InChI is InChI=1S/C11H13Cl2NO4S/c1-2-4-9(11(15)16)14-19(17,18)10-7(12)5-3-6-8(10)13/h3,5-6,9,14H,2,4H2,1H3,(H,15,16). The zero-order valence-corrected chi connectivity index (χ0v) is 12.4. The molecule has 0 radical (unpaired) electrons. The maximum absolute atomic E-state index is 12.1. The Hall–Kier alpha value is -0.820. The first-order chi connectivity index (χ1) is 8.79. The fraction of sp³-hybridized carbons (Fsp3) is 0.364. The van der Waals surface area contributed by atoms with Crippen molar-refractivity contribution < 1.29 is 18.3 Å². The van der Waals surface area contributed by atoms with Crippen LogP contribution in [-0.2, 0) is 14.8 Å². The van der Waals surface area contributed by atoms with Crippen LogP contribution in [0.25, 0.3) is 0 Å². The predicted molar refractivity (Wildman–Crippen MR) is 73.1 cm³/mol. The van der Waals surface area contributed by atoms with Gasteiger partial charge in [0.1, 0.15) is 10.9 Å². The number of carboxylic acid groups (broad SMARTS) is 1. The van der Waals surface area contributed by atoms with E-state index < -0.39 is 22.0 Å². The summed E-state index contributed by atoms with van der Waals surface area (Å²) in [5.41, 5.74) is 0. The average molecular weight is 326 g/mol. The molecule has 1 aromatic carbocycles. The second-order valence-corrected chi connectivity index (χ2v) is 6.32. The number of halogens is 2. The molecule has 1 aromatic rings. The van der Waals surface area contributed by atoms with Crippen molar-refractivity contribution in [1.82, 2.24) is 4.72 Å². The van der Waals surface area contributed by atoms with E-state index >= 15 is 0 Å². The van der Waals surface area contributed by atoms with Crippen molar-refractivity contribution in [1.29, 1.82) is 0 Å². The lowest BCUT2D eigenvalue weighted by molar-refractivity contribution is -0.139. The van der Waals surface area contributed by atoms with Crippen molar-refractivity contribution in [2.75, 3.05) is 0 Å². The summed E-state index contributed by atoms with van der Waals surface area (Å²) >= 11 is 11.6. The van der Waals surface area contributed by atoms with E-state index in [1.807, 2.05) is 0 Å². The van der Waals surface area contributed by atoms with E-state index in [-0.39, 0.29) is 21.4 Å². The largest absolute Gasteiger partial charge is 0.480 e. The topological polar surface area (TPSA) is 83.5 Å². The van der Waals surface area contributed by atoms with E-state index in [4.69, 9.17) is 28.3 Å². The van der Waals surface area contributed by atoms with Gasteiger partial charge in [0.15, 0.2) is 0 Å². The monoisotopic (exact) mass is 325 g/mol. The number of carbonyl (C=O) groups is 1. The smallest absolute Gasteiger partial charge is 0.321 e. The summed E-state index contributed by atoms with van der Waals surface area (Å²) in [6, 6.07) is 3.04. The van der Waals surface area contributed by atoms with Crippen LogP contribution in [0.2, 0.25) is 10.0 Å². The number of sulfonamides is 1. The molecule has 1 atom stereocenters. The maximum Gasteiger partial charge on any atom is 0.321 e. The van der Waals surface area contributed by atoms with Crippen LogP contribution in [0.5, 0.6) is 0 Å². The second-order valence-electron chi connectivity index (χ2n) is 3.85. The molecular weight excluding hydrogens is 313 g/mol. The highest BCUT2D eigenvalue weighted by atomic mass is 35.5. The zero-order chi connectivity index (χ0) is 14.6. The molecule has 5 nitrogen and oxygen atoms in total. The van der Waals surface area contributed by atoms with Gasteiger partial charge in [0.05, 0.1) is 10.0 Å². The molecule has 0 heterocycles. The third-order valence-electron chi connectivity index (χ3n) is 2.36. The van der Waals surface area contributed by atoms with Crippen LogP contribution < -0.4 is 4.72 Å². The van der Waals surface area contributed by atoms with Crippen LogP contribution in [0.4, 0.5) is 0 Å². The molecule has 0 aromatic heterocycles. The highest BCUT2D eigenvalue weighted by molar-refractivity contribution is 7.89. The van der Waals surface area contributed by atoms with Gasteiger partial charge in [0, 0.05) is 0 Å². The number of hydrogen-bond acceptors (Lipinski definition) is 3. The van der Waals surface area contributed by atoms with E-state index in [0.717, 1.165) is 0 Å². The van der Waals surface area contributed by atoms with Crippen LogP contribution >= 0.6 is 23.2 Å². The van der Waals surface area contributed by atoms with Crippen molar-refractivity contribution >= 4 is 39.2 Å². The summed E-state index contributed by atoms with van der Waals surface area (Å²) in [6.45, 7) is 1.76. The molecule has 0 bridgehead atoms. The molecule has 0 aliphatic rings. The van der Waals surface area contributed by atoms with Gasteiger partial charge >= 0.3 is 5.97 Å². The third-order valence-corrected chi connectivity index (χ3v) is 4.79. The molecule has 0 amide bonds. The Labute approximate surface area is 121 Å². The quantitative estimate of drug-likeness (QED) is 0.841. The molecule has 0 saturated carbocycles. The molecule has 0 spiro atoms. The molecule has 1 rings (SSSR count). The highest BCUT2D eigenvalue weighted by Crippen LogP contribution is 2.29. The second kappa shape index (κ2) is 6.56. The van der Waals surface area contributed by atoms with Gasteiger partial charge in [-0.25, -0.2) is 8.42 Å². The number of aliphatic carboxylic acids is 1. The SMILES string of the molecule is CCCC(NS(=O)(=O)c1c(Cl)cccc1Cl)C(=O)O. The van der Waals surface area contributed by atoms with Gasteiger partial charge in [-0.1, -0.05) is 42.6 Å². The van der Waals surface area contributed by atoms with E-state index in [0.29, 0.717) is 6.42 Å². The Morgan fingerprint density at radius 3 is 2.32 bits per heavy atom. The molecule has 106 valence electrons. The molecule has 0 aliphatic carbocycles. The lowest BCUT2D eigenvalue weighted by atomic mass is 10.2. The Morgan fingerprint density at radius 1 is 1.37 bits per heavy atom. The number of hydrogen-bond donors (Lipinski definition) is 2. The number of benzene rings is 1. The van der Waals surface area contributed by atoms with E-state index in [2.05, 4.69) is 4.72 Å². The minimum atomic E-state index is -4.08. The van der Waals surface area contributed by atoms with Crippen LogP contribution in [0.1, 0.15) is 19.8 Å². The molecule has 8 heteroatoms. The normalized spacial score (nSPS) is 13.2. The van der Waals surface area contributed by atoms with Crippen LogP contribution in [0, 0.1) is 0 Å². The summed E-state index contributed by atoms with van der Waals surface area (Å²) < 4.78 is 26.3. The Morgan fingerprint density at radius 2 is 1.89 bits per heavy atom. The van der Waals surface area contributed by atoms with E-state index in [9.17, 15) is 13.2 Å². The number of carboxylic acids is 1. The first-order valence-electron chi connectivity index (χ1n) is 5.48. The third kappa shape index (κ3) is 4.07. The minimum absolute atomic E-state index is 0.0550. The van der Waals surface area contributed by atoms with Crippen LogP contribution in [-0.4, -0.2) is 25.5 Å². The predicted octanol–water partition coefficient (Wildman–Crippen LogP) is 2.53. The van der Waals surface area contributed by atoms with Gasteiger partial charge in [0.25, 0.3) is 0 Å². The van der Waals surface area contributed by atoms with Crippen molar-refractivity contribution in [2.24, 2.45) is 0 Å². The summed E-state index contributed by atoms with van der Waals surface area (Å²) in [6.07, 6.45) is 0.701. The summed E-state index contributed by atoms with van der Waals surface area (Å²) in [4.78, 5) is 10.7. The Balaban J connectivity index is 3.14. The van der Waals surface area contributed by atoms with Crippen molar-refractivity contribution in [3.63, 3.8) is 0 Å². The molecule has 2 N–H and O–H groups in total. The fourth-order valence-corrected chi connectivity index (χ4v) is 3.87. The van der Waals surface area contributed by atoms with Gasteiger partial charge in [-0.05, 0) is 18.6 Å². The lowest BCUT2D eigenvalue weighted by Crippen LogP contribution is -2.40. The molecule has 19 heavy (non-hydrogen) atoms. The van der Waals surface area contributed by atoms with Gasteiger partial charge in [0.2, 0.25) is 10.0 Å². The summed E-state index contributed by atoms with van der Waals surface area (Å²) in [5, 5.41) is 8.85.